The van der Waals surface area contributed by atoms with Crippen LogP contribution < -0.4 is 0 Å². The minimum Gasteiger partial charge on any atom is -0.395 e. The van der Waals surface area contributed by atoms with Crippen LogP contribution in [0.5, 0.6) is 0 Å². The van der Waals surface area contributed by atoms with E-state index < -0.39 is 87.3 Å². The highest BCUT2D eigenvalue weighted by molar-refractivity contribution is 6.65. The van der Waals surface area contributed by atoms with Crippen molar-refractivity contribution in [3.8, 4) is 0 Å². The molecule has 0 aromatic heterocycles. The average molecular weight is 1690 g/mol. The molecule has 0 aliphatic rings. The van der Waals surface area contributed by atoms with Crippen molar-refractivity contribution in [3.63, 3.8) is 0 Å². The van der Waals surface area contributed by atoms with E-state index in [1.165, 1.54) is 0 Å². The lowest BCUT2D eigenvalue weighted by Crippen LogP contribution is -2.42. The van der Waals surface area contributed by atoms with E-state index in [9.17, 15) is 0 Å². The monoisotopic (exact) mass is 1690 g/mol. The SMILES string of the molecule is CCO[Si](C)(C)OCC.CCO[Si](C)(C)OCC.CCO[Si](C)(C)OCC.CCO[Si](C)(OCC)OCC.CCO[Si](C)(OCC)OCC.CCO[Si](C)(OCC)OCC.CCO[Si](C)(OCC)OCC.CCO[Si](C)(OCC)OCC.CCO[Si](C)(OCC)OCC.CCO[Si](C)(OCC)OCC. The first-order chi connectivity index (χ1) is 48.6. The fourth-order valence-corrected chi connectivity index (χ4v) is 25.8. The largest absolute Gasteiger partial charge is 0.497 e. The summed E-state index contributed by atoms with van der Waals surface area (Å²) in [6.07, 6.45) is 0. The Bertz CT molecular complexity index is 1230. The van der Waals surface area contributed by atoms with Crippen LogP contribution in [0.25, 0.3) is 0 Å². The van der Waals surface area contributed by atoms with Crippen molar-refractivity contribution < 1.29 is 120 Å². The second-order valence-corrected chi connectivity index (χ2v) is 50.2. The zero-order valence-corrected chi connectivity index (χ0v) is 85.1. The Balaban J connectivity index is -0.000000118. The molecular formula is C67H174O27Si10. The molecule has 0 N–H and O–H groups in total. The third-order valence-electron chi connectivity index (χ3n) is 11.5. The van der Waals surface area contributed by atoms with E-state index in [0.717, 1.165) is 39.6 Å². The third kappa shape index (κ3) is 90.3. The van der Waals surface area contributed by atoms with Crippen molar-refractivity contribution in [1.29, 1.82) is 0 Å². The summed E-state index contributed by atoms with van der Waals surface area (Å²) in [5, 5.41) is 0. The normalized spacial score (nSPS) is 12.0. The Morgan fingerprint density at radius 2 is 0.144 bits per heavy atom. The Morgan fingerprint density at radius 3 is 0.183 bits per heavy atom. The molecule has 0 rings (SSSR count). The van der Waals surface area contributed by atoms with E-state index in [1.54, 1.807) is 0 Å². The average Bonchev–Trinajstić information content (AvgIpc) is 0.939. The van der Waals surface area contributed by atoms with Gasteiger partial charge in [0.2, 0.25) is 0 Å². The lowest BCUT2D eigenvalue weighted by molar-refractivity contribution is 0.0774. The second kappa shape index (κ2) is 83.5. The molecule has 37 heteroatoms. The predicted molar refractivity (Wildman–Crippen MR) is 448 cm³/mol. The first kappa shape index (κ1) is 126. The van der Waals surface area contributed by atoms with Gasteiger partial charge in [-0.1, -0.05) is 0 Å². The number of rotatable bonds is 54. The minimum atomic E-state index is -2.25. The van der Waals surface area contributed by atoms with Gasteiger partial charge in [0.1, 0.15) is 0 Å². The molecule has 644 valence electrons. The van der Waals surface area contributed by atoms with Gasteiger partial charge in [0.25, 0.3) is 0 Å². The Kier molecular flexibility index (Phi) is 101. The van der Waals surface area contributed by atoms with Crippen molar-refractivity contribution in [2.75, 3.05) is 178 Å². The van der Waals surface area contributed by atoms with E-state index in [-0.39, 0.29) is 0 Å². The summed E-state index contributed by atoms with van der Waals surface area (Å²) in [6.45, 7) is 97.0. The van der Waals surface area contributed by atoms with Gasteiger partial charge >= 0.3 is 87.3 Å². The predicted octanol–water partition coefficient (Wildman–Crippen LogP) is 16.9. The smallest absolute Gasteiger partial charge is 0.395 e. The summed E-state index contributed by atoms with van der Waals surface area (Å²) in [5.74, 6) is 0. The van der Waals surface area contributed by atoms with Gasteiger partial charge in [-0.2, -0.15) is 0 Å². The zero-order chi connectivity index (χ0) is 83.2. The topological polar surface area (TPSA) is 249 Å². The van der Waals surface area contributed by atoms with Crippen molar-refractivity contribution in [2.45, 2.75) is 272 Å². The molecule has 0 atom stereocenters. The summed E-state index contributed by atoms with van der Waals surface area (Å²) in [5.41, 5.74) is 0. The van der Waals surface area contributed by atoms with E-state index in [1.807, 2.05) is 233 Å². The van der Waals surface area contributed by atoms with E-state index in [2.05, 4.69) is 39.3 Å². The second-order valence-electron chi connectivity index (χ2n) is 21.9. The van der Waals surface area contributed by atoms with Gasteiger partial charge in [0.15, 0.2) is 0 Å². The highest BCUT2D eigenvalue weighted by Crippen LogP contribution is 2.14. The molecule has 0 aliphatic heterocycles. The summed E-state index contributed by atoms with van der Waals surface area (Å²) in [6, 6.07) is 0. The molecule has 0 fully saturated rings. The van der Waals surface area contributed by atoms with Crippen LogP contribution in [0.3, 0.4) is 0 Å². The summed E-state index contributed by atoms with van der Waals surface area (Å²) < 4.78 is 146. The van der Waals surface area contributed by atoms with E-state index in [0.29, 0.717) is 139 Å². The fourth-order valence-electron chi connectivity index (χ4n) is 8.59. The van der Waals surface area contributed by atoms with Crippen LogP contribution in [-0.2, 0) is 120 Å². The maximum atomic E-state index is 5.40. The molecule has 0 saturated heterocycles. The minimum absolute atomic E-state index is 0.655. The van der Waals surface area contributed by atoms with Crippen molar-refractivity contribution in [1.82, 2.24) is 0 Å². The molecule has 0 heterocycles. The molecule has 0 unspecified atom stereocenters. The van der Waals surface area contributed by atoms with Crippen LogP contribution in [0.2, 0.25) is 85.1 Å². The van der Waals surface area contributed by atoms with Gasteiger partial charge in [-0.3, -0.25) is 0 Å². The maximum Gasteiger partial charge on any atom is 0.497 e. The van der Waals surface area contributed by atoms with Crippen LogP contribution in [-0.4, -0.2) is 266 Å². The summed E-state index contributed by atoms with van der Waals surface area (Å²) >= 11 is 0. The molecule has 0 saturated carbocycles. The molecule has 0 aromatic carbocycles. The zero-order valence-electron chi connectivity index (χ0n) is 75.1. The highest BCUT2D eigenvalue weighted by Gasteiger charge is 2.38. The van der Waals surface area contributed by atoms with Gasteiger partial charge in [-0.05, 0) is 226 Å². The van der Waals surface area contributed by atoms with Gasteiger partial charge in [-0.25, -0.2) is 0 Å². The standard InChI is InChI=1S/7C7H18O3Si.3C6H16O2Si/c7*1-5-8-11(4,9-6-2)10-7-3;3*1-5-7-9(3,4)8-6-2/h7*5-7H2,1-4H3;3*5-6H2,1-4H3. The third-order valence-corrected chi connectivity index (χ3v) is 34.5. The van der Waals surface area contributed by atoms with Gasteiger partial charge in [0, 0.05) is 224 Å². The molecule has 104 heavy (non-hydrogen) atoms. The van der Waals surface area contributed by atoms with E-state index >= 15 is 0 Å². The molecular weight excluding hydrogens is 1520 g/mol. The highest BCUT2D eigenvalue weighted by atomic mass is 28.4. The van der Waals surface area contributed by atoms with Crippen LogP contribution in [0, 0.1) is 0 Å². The molecule has 0 radical (unpaired) electrons. The van der Waals surface area contributed by atoms with Crippen molar-refractivity contribution in [3.05, 3.63) is 0 Å². The number of hydrogen-bond acceptors (Lipinski definition) is 27. The molecule has 0 amide bonds. The quantitative estimate of drug-likeness (QED) is 0.0513. The fraction of sp³-hybridized carbons (Fsp3) is 1.00. The van der Waals surface area contributed by atoms with Crippen LogP contribution in [0.4, 0.5) is 0 Å². The molecule has 0 spiro atoms. The van der Waals surface area contributed by atoms with Crippen molar-refractivity contribution in [2.24, 2.45) is 0 Å². The Labute approximate surface area is 653 Å². The molecule has 0 bridgehead atoms. The summed E-state index contributed by atoms with van der Waals surface area (Å²) in [7, 11) is -20.9. The van der Waals surface area contributed by atoms with Gasteiger partial charge in [-0.15, -0.1) is 0 Å². The van der Waals surface area contributed by atoms with Crippen LogP contribution >= 0.6 is 0 Å². The van der Waals surface area contributed by atoms with Crippen molar-refractivity contribution >= 4 is 87.3 Å². The molecule has 0 aliphatic carbocycles. The van der Waals surface area contributed by atoms with E-state index in [4.69, 9.17) is 120 Å². The lowest BCUT2D eigenvalue weighted by Gasteiger charge is -2.23. The van der Waals surface area contributed by atoms with Gasteiger partial charge < -0.3 is 120 Å². The first-order valence-electron chi connectivity index (χ1n) is 38.9. The Morgan fingerprint density at radius 1 is 0.0962 bits per heavy atom. The number of hydrogen-bond donors (Lipinski definition) is 0. The van der Waals surface area contributed by atoms with Crippen LogP contribution in [0.1, 0.15) is 187 Å². The van der Waals surface area contributed by atoms with Gasteiger partial charge in [0.05, 0.1) is 0 Å². The first-order valence-corrected chi connectivity index (χ1v) is 62.9. The molecule has 0 aromatic rings. The lowest BCUT2D eigenvalue weighted by atomic mass is 10.9. The maximum absolute atomic E-state index is 5.40. The van der Waals surface area contributed by atoms with Crippen LogP contribution in [0.15, 0.2) is 0 Å². The Hall–Kier alpha value is 1.09. The molecule has 27 nitrogen and oxygen atoms in total. The summed E-state index contributed by atoms with van der Waals surface area (Å²) in [4.78, 5) is 0.